The van der Waals surface area contributed by atoms with Crippen LogP contribution >= 0.6 is 0 Å². The van der Waals surface area contributed by atoms with Crippen molar-refractivity contribution in [1.29, 1.82) is 0 Å². The summed E-state index contributed by atoms with van der Waals surface area (Å²) in [4.78, 5) is 2.54. The number of para-hydroxylation sites is 1. The summed E-state index contributed by atoms with van der Waals surface area (Å²) in [5.41, 5.74) is 9.88. The van der Waals surface area contributed by atoms with Crippen LogP contribution < -0.4 is 10.6 Å². The van der Waals surface area contributed by atoms with E-state index in [1.807, 2.05) is 0 Å². The zero-order chi connectivity index (χ0) is 11.5. The molecular formula is C14H22N2. The van der Waals surface area contributed by atoms with Gasteiger partial charge in [-0.3, -0.25) is 0 Å². The first kappa shape index (κ1) is 11.5. The molecule has 0 spiro atoms. The van der Waals surface area contributed by atoms with E-state index in [0.29, 0.717) is 12.6 Å². The van der Waals surface area contributed by atoms with Crippen LogP contribution in [-0.4, -0.2) is 12.6 Å². The monoisotopic (exact) mass is 218 g/mol. The fraction of sp³-hybridized carbons (Fsp3) is 0.571. The quantitative estimate of drug-likeness (QED) is 0.827. The third-order valence-electron chi connectivity index (χ3n) is 3.63. The molecule has 0 aliphatic carbocycles. The van der Waals surface area contributed by atoms with Crippen LogP contribution in [0.4, 0.5) is 5.69 Å². The van der Waals surface area contributed by atoms with Gasteiger partial charge in [0.25, 0.3) is 0 Å². The molecule has 0 bridgehead atoms. The first-order chi connectivity index (χ1) is 7.74. The van der Waals surface area contributed by atoms with Gasteiger partial charge in [-0.05, 0) is 44.2 Å². The summed E-state index contributed by atoms with van der Waals surface area (Å²) in [5.74, 6) is 0. The number of hydrogen-bond acceptors (Lipinski definition) is 2. The van der Waals surface area contributed by atoms with Gasteiger partial charge in [0.2, 0.25) is 0 Å². The van der Waals surface area contributed by atoms with Gasteiger partial charge in [-0.25, -0.2) is 0 Å². The molecule has 1 aromatic rings. The Kier molecular flexibility index (Phi) is 3.49. The molecule has 1 aliphatic rings. The van der Waals surface area contributed by atoms with Gasteiger partial charge >= 0.3 is 0 Å². The lowest BCUT2D eigenvalue weighted by Gasteiger charge is -2.37. The van der Waals surface area contributed by atoms with E-state index in [9.17, 15) is 0 Å². The Morgan fingerprint density at radius 2 is 2.19 bits per heavy atom. The van der Waals surface area contributed by atoms with Crippen molar-refractivity contribution < 1.29 is 0 Å². The average Bonchev–Trinajstić information content (AvgIpc) is 2.30. The number of nitrogens with two attached hydrogens (primary N) is 1. The molecule has 1 aliphatic heterocycles. The SMILES string of the molecule is Cc1cccc(CN)c1N1CCCCC1C. The molecule has 16 heavy (non-hydrogen) atoms. The van der Waals surface area contributed by atoms with Crippen LogP contribution in [0.15, 0.2) is 18.2 Å². The zero-order valence-electron chi connectivity index (χ0n) is 10.4. The van der Waals surface area contributed by atoms with Gasteiger partial charge in [-0.1, -0.05) is 18.2 Å². The fourth-order valence-corrected chi connectivity index (χ4v) is 2.73. The number of anilines is 1. The molecular weight excluding hydrogens is 196 g/mol. The second kappa shape index (κ2) is 4.88. The van der Waals surface area contributed by atoms with Crippen molar-refractivity contribution in [3.8, 4) is 0 Å². The van der Waals surface area contributed by atoms with Gasteiger partial charge in [-0.2, -0.15) is 0 Å². The molecule has 1 saturated heterocycles. The number of aryl methyl sites for hydroxylation is 1. The molecule has 1 atom stereocenters. The summed E-state index contributed by atoms with van der Waals surface area (Å²) in [6, 6.07) is 7.11. The third kappa shape index (κ3) is 2.07. The van der Waals surface area contributed by atoms with Crippen molar-refractivity contribution >= 4 is 5.69 Å². The van der Waals surface area contributed by atoms with Crippen LogP contribution in [-0.2, 0) is 6.54 Å². The normalized spacial score (nSPS) is 21.2. The van der Waals surface area contributed by atoms with Crippen LogP contribution in [0.1, 0.15) is 37.3 Å². The van der Waals surface area contributed by atoms with E-state index in [1.165, 1.54) is 42.6 Å². The van der Waals surface area contributed by atoms with Crippen molar-refractivity contribution in [2.45, 2.75) is 45.7 Å². The van der Waals surface area contributed by atoms with Gasteiger partial charge in [0.05, 0.1) is 0 Å². The van der Waals surface area contributed by atoms with Crippen molar-refractivity contribution in [2.75, 3.05) is 11.4 Å². The number of piperidine rings is 1. The lowest BCUT2D eigenvalue weighted by atomic mass is 9.99. The molecule has 2 rings (SSSR count). The molecule has 2 heteroatoms. The first-order valence-electron chi connectivity index (χ1n) is 6.29. The molecule has 1 fully saturated rings. The van der Waals surface area contributed by atoms with Gasteiger partial charge in [-0.15, -0.1) is 0 Å². The maximum atomic E-state index is 5.84. The molecule has 1 unspecified atom stereocenters. The van der Waals surface area contributed by atoms with Crippen LogP contribution in [0, 0.1) is 6.92 Å². The Hall–Kier alpha value is -1.02. The molecule has 88 valence electrons. The molecule has 2 N–H and O–H groups in total. The lowest BCUT2D eigenvalue weighted by Crippen LogP contribution is -2.38. The summed E-state index contributed by atoms with van der Waals surface area (Å²) in [7, 11) is 0. The van der Waals surface area contributed by atoms with E-state index < -0.39 is 0 Å². The first-order valence-corrected chi connectivity index (χ1v) is 6.29. The molecule has 0 saturated carbocycles. The Balaban J connectivity index is 2.37. The Morgan fingerprint density at radius 3 is 2.88 bits per heavy atom. The highest BCUT2D eigenvalue weighted by Gasteiger charge is 2.21. The molecule has 1 aromatic carbocycles. The van der Waals surface area contributed by atoms with Crippen LogP contribution in [0.25, 0.3) is 0 Å². The molecule has 0 amide bonds. The van der Waals surface area contributed by atoms with Crippen molar-refractivity contribution in [1.82, 2.24) is 0 Å². The predicted molar refractivity (Wildman–Crippen MR) is 69.7 cm³/mol. The fourth-order valence-electron chi connectivity index (χ4n) is 2.73. The van der Waals surface area contributed by atoms with Gasteiger partial charge in [0, 0.05) is 24.8 Å². The minimum absolute atomic E-state index is 0.639. The average molecular weight is 218 g/mol. The second-order valence-electron chi connectivity index (χ2n) is 4.82. The largest absolute Gasteiger partial charge is 0.368 e. The number of rotatable bonds is 2. The summed E-state index contributed by atoms with van der Waals surface area (Å²) < 4.78 is 0. The number of nitrogens with zero attached hydrogens (tertiary/aromatic N) is 1. The van der Waals surface area contributed by atoms with Gasteiger partial charge < -0.3 is 10.6 Å². The van der Waals surface area contributed by atoms with Crippen molar-refractivity contribution in [3.63, 3.8) is 0 Å². The lowest BCUT2D eigenvalue weighted by molar-refractivity contribution is 0.483. The van der Waals surface area contributed by atoms with E-state index >= 15 is 0 Å². The van der Waals surface area contributed by atoms with Crippen molar-refractivity contribution in [2.24, 2.45) is 5.73 Å². The van der Waals surface area contributed by atoms with E-state index in [1.54, 1.807) is 0 Å². The highest BCUT2D eigenvalue weighted by Crippen LogP contribution is 2.30. The summed E-state index contributed by atoms with van der Waals surface area (Å²) in [6.45, 7) is 6.33. The van der Waals surface area contributed by atoms with Crippen LogP contribution in [0.5, 0.6) is 0 Å². The van der Waals surface area contributed by atoms with E-state index in [0.717, 1.165) is 0 Å². The Bertz CT molecular complexity index is 360. The highest BCUT2D eigenvalue weighted by molar-refractivity contribution is 5.60. The summed E-state index contributed by atoms with van der Waals surface area (Å²) in [6.07, 6.45) is 3.97. The highest BCUT2D eigenvalue weighted by atomic mass is 15.2. The smallest absolute Gasteiger partial charge is 0.0443 e. The molecule has 0 radical (unpaired) electrons. The third-order valence-corrected chi connectivity index (χ3v) is 3.63. The van der Waals surface area contributed by atoms with Crippen LogP contribution in [0.3, 0.4) is 0 Å². The minimum Gasteiger partial charge on any atom is -0.368 e. The topological polar surface area (TPSA) is 29.3 Å². The molecule has 2 nitrogen and oxygen atoms in total. The minimum atomic E-state index is 0.639. The van der Waals surface area contributed by atoms with Gasteiger partial charge in [0.1, 0.15) is 0 Å². The standard InChI is InChI=1S/C14H22N2/c1-11-6-5-8-13(10-15)14(11)16-9-4-3-7-12(16)2/h5-6,8,12H,3-4,7,9-10,15H2,1-2H3. The number of hydrogen-bond donors (Lipinski definition) is 1. The zero-order valence-corrected chi connectivity index (χ0v) is 10.4. The summed E-state index contributed by atoms with van der Waals surface area (Å²) in [5, 5.41) is 0. The second-order valence-corrected chi connectivity index (χ2v) is 4.82. The van der Waals surface area contributed by atoms with E-state index in [4.69, 9.17) is 5.73 Å². The van der Waals surface area contributed by atoms with E-state index in [2.05, 4.69) is 36.9 Å². The van der Waals surface area contributed by atoms with Crippen LogP contribution in [0.2, 0.25) is 0 Å². The van der Waals surface area contributed by atoms with Crippen molar-refractivity contribution in [3.05, 3.63) is 29.3 Å². The van der Waals surface area contributed by atoms with E-state index in [-0.39, 0.29) is 0 Å². The predicted octanol–water partition coefficient (Wildman–Crippen LogP) is 2.83. The molecule has 0 aromatic heterocycles. The Labute approximate surface area is 98.4 Å². The summed E-state index contributed by atoms with van der Waals surface area (Å²) >= 11 is 0. The van der Waals surface area contributed by atoms with Gasteiger partial charge in [0.15, 0.2) is 0 Å². The number of benzene rings is 1. The molecule has 1 heterocycles. The maximum Gasteiger partial charge on any atom is 0.0443 e. The maximum absolute atomic E-state index is 5.84. The Morgan fingerprint density at radius 1 is 1.38 bits per heavy atom.